The van der Waals surface area contributed by atoms with Crippen LogP contribution in [0, 0.1) is 5.82 Å². The third kappa shape index (κ3) is 4.37. The van der Waals surface area contributed by atoms with E-state index in [0.29, 0.717) is 17.9 Å². The highest BCUT2D eigenvalue weighted by atomic mass is 19.1. The second-order valence-electron chi connectivity index (χ2n) is 6.58. The van der Waals surface area contributed by atoms with Crippen molar-refractivity contribution in [2.45, 2.75) is 38.5 Å². The van der Waals surface area contributed by atoms with Crippen LogP contribution in [0.15, 0.2) is 48.5 Å². The normalized spacial score (nSPS) is 20.4. The van der Waals surface area contributed by atoms with Gasteiger partial charge in [-0.05, 0) is 49.6 Å². The molecule has 0 aromatic heterocycles. The Morgan fingerprint density at radius 2 is 2.08 bits per heavy atom. The van der Waals surface area contributed by atoms with Gasteiger partial charge in [0.2, 0.25) is 0 Å². The van der Waals surface area contributed by atoms with E-state index in [9.17, 15) is 9.18 Å². The number of piperidine rings is 1. The van der Waals surface area contributed by atoms with Gasteiger partial charge in [-0.2, -0.15) is 0 Å². The van der Waals surface area contributed by atoms with Crippen molar-refractivity contribution in [3.8, 4) is 5.75 Å². The predicted octanol–water partition coefficient (Wildman–Crippen LogP) is 3.36. The van der Waals surface area contributed by atoms with Gasteiger partial charge in [-0.1, -0.05) is 18.2 Å². The Bertz CT molecular complexity index is 750. The van der Waals surface area contributed by atoms with Crippen molar-refractivity contribution < 1.29 is 13.9 Å². The Morgan fingerprint density at radius 1 is 1.28 bits per heavy atom. The summed E-state index contributed by atoms with van der Waals surface area (Å²) in [6.45, 7) is 3.00. The number of nitrogens with zero attached hydrogens (tertiary/aromatic N) is 1. The standard InChI is InChI=1S/C20H23FN2O2/c1-14-10-18(22)8-9-23(14)20(24)16-5-2-4-15(11-16)13-25-19-7-3-6-17(21)12-19/h2-7,11-12,14,18H,8-10,13,22H2,1H3. The van der Waals surface area contributed by atoms with Gasteiger partial charge in [-0.15, -0.1) is 0 Å². The number of carbonyl (C=O) groups is 1. The number of likely N-dealkylation sites (tertiary alicyclic amines) is 1. The average Bonchev–Trinajstić information content (AvgIpc) is 2.60. The number of ether oxygens (including phenoxy) is 1. The summed E-state index contributed by atoms with van der Waals surface area (Å²) in [6.07, 6.45) is 1.66. The molecule has 0 radical (unpaired) electrons. The second kappa shape index (κ2) is 7.66. The summed E-state index contributed by atoms with van der Waals surface area (Å²) < 4.78 is 18.8. The Labute approximate surface area is 147 Å². The van der Waals surface area contributed by atoms with Crippen LogP contribution in [-0.4, -0.2) is 29.4 Å². The fourth-order valence-electron chi connectivity index (χ4n) is 3.19. The van der Waals surface area contributed by atoms with Crippen LogP contribution in [-0.2, 0) is 6.61 Å². The van der Waals surface area contributed by atoms with Crippen molar-refractivity contribution in [3.63, 3.8) is 0 Å². The lowest BCUT2D eigenvalue weighted by Crippen LogP contribution is -2.48. The van der Waals surface area contributed by atoms with E-state index in [4.69, 9.17) is 10.5 Å². The molecule has 2 N–H and O–H groups in total. The quantitative estimate of drug-likeness (QED) is 0.927. The van der Waals surface area contributed by atoms with E-state index in [1.807, 2.05) is 36.1 Å². The molecule has 2 atom stereocenters. The van der Waals surface area contributed by atoms with Crippen LogP contribution in [0.25, 0.3) is 0 Å². The molecule has 1 fully saturated rings. The number of hydrogen-bond acceptors (Lipinski definition) is 3. The lowest BCUT2D eigenvalue weighted by molar-refractivity contribution is 0.0619. The fraction of sp³-hybridized carbons (Fsp3) is 0.350. The highest BCUT2D eigenvalue weighted by Crippen LogP contribution is 2.20. The number of halogens is 1. The summed E-state index contributed by atoms with van der Waals surface area (Å²) in [5.74, 6) is 0.154. The van der Waals surface area contributed by atoms with Crippen LogP contribution in [0.1, 0.15) is 35.7 Å². The summed E-state index contributed by atoms with van der Waals surface area (Å²) in [4.78, 5) is 14.7. The molecule has 0 spiro atoms. The Morgan fingerprint density at radius 3 is 2.84 bits per heavy atom. The maximum atomic E-state index is 13.2. The summed E-state index contributed by atoms with van der Waals surface area (Å²) in [7, 11) is 0. The van der Waals surface area contributed by atoms with E-state index in [-0.39, 0.29) is 30.4 Å². The largest absolute Gasteiger partial charge is 0.489 e. The van der Waals surface area contributed by atoms with Gasteiger partial charge in [-0.3, -0.25) is 4.79 Å². The number of benzene rings is 2. The zero-order valence-corrected chi connectivity index (χ0v) is 14.3. The fourth-order valence-corrected chi connectivity index (χ4v) is 3.19. The van der Waals surface area contributed by atoms with Gasteiger partial charge in [0.15, 0.2) is 0 Å². The molecule has 1 aliphatic heterocycles. The second-order valence-corrected chi connectivity index (χ2v) is 6.58. The Hall–Kier alpha value is -2.40. The molecule has 5 heteroatoms. The van der Waals surface area contributed by atoms with Gasteiger partial charge >= 0.3 is 0 Å². The van der Waals surface area contributed by atoms with Crippen molar-refractivity contribution in [2.75, 3.05) is 6.54 Å². The predicted molar refractivity (Wildman–Crippen MR) is 94.9 cm³/mol. The molecule has 25 heavy (non-hydrogen) atoms. The zero-order valence-electron chi connectivity index (χ0n) is 14.3. The lowest BCUT2D eigenvalue weighted by Gasteiger charge is -2.36. The van der Waals surface area contributed by atoms with Gasteiger partial charge in [-0.25, -0.2) is 4.39 Å². The van der Waals surface area contributed by atoms with Gasteiger partial charge in [0.25, 0.3) is 5.91 Å². The van der Waals surface area contributed by atoms with Crippen molar-refractivity contribution >= 4 is 5.91 Å². The van der Waals surface area contributed by atoms with Crippen molar-refractivity contribution in [2.24, 2.45) is 5.73 Å². The topological polar surface area (TPSA) is 55.6 Å². The minimum atomic E-state index is -0.335. The average molecular weight is 342 g/mol. The molecule has 1 amide bonds. The molecule has 0 aliphatic carbocycles. The minimum Gasteiger partial charge on any atom is -0.489 e. The summed E-state index contributed by atoms with van der Waals surface area (Å²) in [6, 6.07) is 13.7. The van der Waals surface area contributed by atoms with E-state index in [2.05, 4.69) is 0 Å². The smallest absolute Gasteiger partial charge is 0.254 e. The van der Waals surface area contributed by atoms with Crippen LogP contribution >= 0.6 is 0 Å². The van der Waals surface area contributed by atoms with Crippen LogP contribution in [0.3, 0.4) is 0 Å². The van der Waals surface area contributed by atoms with E-state index in [1.165, 1.54) is 12.1 Å². The first-order valence-corrected chi connectivity index (χ1v) is 8.57. The molecule has 132 valence electrons. The van der Waals surface area contributed by atoms with E-state index in [0.717, 1.165) is 18.4 Å². The first-order chi connectivity index (χ1) is 12.0. The number of nitrogens with two attached hydrogens (primary N) is 1. The molecule has 2 unspecified atom stereocenters. The zero-order chi connectivity index (χ0) is 17.8. The van der Waals surface area contributed by atoms with Crippen LogP contribution in [0.2, 0.25) is 0 Å². The molecular weight excluding hydrogens is 319 g/mol. The van der Waals surface area contributed by atoms with Crippen LogP contribution in [0.5, 0.6) is 5.75 Å². The molecule has 1 heterocycles. The van der Waals surface area contributed by atoms with E-state index >= 15 is 0 Å². The Balaban J connectivity index is 1.67. The maximum absolute atomic E-state index is 13.2. The highest BCUT2D eigenvalue weighted by molar-refractivity contribution is 5.94. The SMILES string of the molecule is CC1CC(N)CCN1C(=O)c1cccc(COc2cccc(F)c2)c1. The molecule has 1 aliphatic rings. The van der Waals surface area contributed by atoms with Gasteiger partial charge in [0, 0.05) is 30.3 Å². The summed E-state index contributed by atoms with van der Waals surface area (Å²) in [5.41, 5.74) is 7.49. The summed E-state index contributed by atoms with van der Waals surface area (Å²) >= 11 is 0. The van der Waals surface area contributed by atoms with Crippen molar-refractivity contribution in [1.82, 2.24) is 4.90 Å². The van der Waals surface area contributed by atoms with Gasteiger partial charge in [0.05, 0.1) is 0 Å². The molecule has 0 bridgehead atoms. The number of rotatable bonds is 4. The molecular formula is C20H23FN2O2. The first-order valence-electron chi connectivity index (χ1n) is 8.57. The van der Waals surface area contributed by atoms with Gasteiger partial charge < -0.3 is 15.4 Å². The Kier molecular flexibility index (Phi) is 5.34. The number of carbonyl (C=O) groups excluding carboxylic acids is 1. The van der Waals surface area contributed by atoms with E-state index < -0.39 is 0 Å². The minimum absolute atomic E-state index is 0.0204. The lowest BCUT2D eigenvalue weighted by atomic mass is 9.98. The highest BCUT2D eigenvalue weighted by Gasteiger charge is 2.27. The maximum Gasteiger partial charge on any atom is 0.254 e. The molecule has 0 saturated carbocycles. The first kappa shape index (κ1) is 17.4. The van der Waals surface area contributed by atoms with Crippen molar-refractivity contribution in [3.05, 3.63) is 65.5 Å². The third-order valence-corrected chi connectivity index (χ3v) is 4.55. The summed E-state index contributed by atoms with van der Waals surface area (Å²) in [5, 5.41) is 0. The van der Waals surface area contributed by atoms with Crippen molar-refractivity contribution in [1.29, 1.82) is 0 Å². The molecule has 2 aromatic rings. The van der Waals surface area contributed by atoms with Gasteiger partial charge in [0.1, 0.15) is 18.2 Å². The monoisotopic (exact) mass is 342 g/mol. The third-order valence-electron chi connectivity index (χ3n) is 4.55. The molecule has 4 nitrogen and oxygen atoms in total. The van der Waals surface area contributed by atoms with E-state index in [1.54, 1.807) is 12.1 Å². The van der Waals surface area contributed by atoms with Crippen LogP contribution < -0.4 is 10.5 Å². The molecule has 3 rings (SSSR count). The molecule has 2 aromatic carbocycles. The number of hydrogen-bond donors (Lipinski definition) is 1. The molecule has 1 saturated heterocycles. The van der Waals surface area contributed by atoms with Crippen LogP contribution in [0.4, 0.5) is 4.39 Å². The number of amides is 1.